The highest BCUT2D eigenvalue weighted by Crippen LogP contribution is 2.52. The van der Waals surface area contributed by atoms with Gasteiger partial charge in [0.25, 0.3) is 0 Å². The molecule has 73 heavy (non-hydrogen) atoms. The van der Waals surface area contributed by atoms with E-state index in [2.05, 4.69) is 19.2 Å². The van der Waals surface area contributed by atoms with Crippen LogP contribution in [0.25, 0.3) is 0 Å². The van der Waals surface area contributed by atoms with Gasteiger partial charge in [0.15, 0.2) is 11.7 Å². The van der Waals surface area contributed by atoms with E-state index in [0.29, 0.717) is 19.3 Å². The smallest absolute Gasteiger partial charge is 0.462 e. The zero-order valence-corrected chi connectivity index (χ0v) is 47.8. The van der Waals surface area contributed by atoms with Gasteiger partial charge in [0.2, 0.25) is 7.59 Å². The van der Waals surface area contributed by atoms with Crippen LogP contribution >= 0.6 is 77.4 Å². The zero-order valence-electron chi connectivity index (χ0n) is 42.4. The summed E-state index contributed by atoms with van der Waals surface area (Å²) in [4.78, 5) is 54.2. The number of amides is 1. The Morgan fingerprint density at radius 2 is 1.19 bits per heavy atom. The Balaban J connectivity index is 2.00. The Hall–Kier alpha value is -2.59. The van der Waals surface area contributed by atoms with Crippen LogP contribution in [0.1, 0.15) is 156 Å². The van der Waals surface area contributed by atoms with Gasteiger partial charge in [-0.3, -0.25) is 14.1 Å². The van der Waals surface area contributed by atoms with E-state index in [9.17, 15) is 19.2 Å². The molecule has 2 aromatic carbocycles. The summed E-state index contributed by atoms with van der Waals surface area (Å²) < 4.78 is 63.3. The van der Waals surface area contributed by atoms with E-state index >= 15 is 4.57 Å². The molecular formula is C51H74Cl6NO14P. The van der Waals surface area contributed by atoms with E-state index in [1.54, 1.807) is 36.4 Å². The summed E-state index contributed by atoms with van der Waals surface area (Å²) in [7, 11) is -4.91. The van der Waals surface area contributed by atoms with Crippen LogP contribution in [0.5, 0.6) is 11.5 Å². The van der Waals surface area contributed by atoms with Gasteiger partial charge in [-0.15, -0.1) is 0 Å². The number of carbonyl (C=O) groups excluding carboxylic acids is 4. The predicted octanol–water partition coefficient (Wildman–Crippen LogP) is 15.5. The van der Waals surface area contributed by atoms with E-state index < -0.39 is 102 Å². The summed E-state index contributed by atoms with van der Waals surface area (Å²) in [5.41, 5.74) is -1.69. The second kappa shape index (κ2) is 34.2. The quantitative estimate of drug-likeness (QED) is 0.0230. The van der Waals surface area contributed by atoms with Crippen LogP contribution in [-0.4, -0.2) is 87.7 Å². The third-order valence-electron chi connectivity index (χ3n) is 11.6. The van der Waals surface area contributed by atoms with E-state index in [1.807, 2.05) is 0 Å². The number of carbonyl (C=O) groups is 4. The number of benzene rings is 2. The van der Waals surface area contributed by atoms with Gasteiger partial charge >= 0.3 is 32.0 Å². The van der Waals surface area contributed by atoms with Gasteiger partial charge in [0, 0.05) is 6.42 Å². The van der Waals surface area contributed by atoms with Crippen molar-refractivity contribution in [2.75, 3.05) is 19.8 Å². The van der Waals surface area contributed by atoms with Crippen molar-refractivity contribution in [3.63, 3.8) is 0 Å². The molecule has 0 bridgehead atoms. The van der Waals surface area contributed by atoms with Crippen molar-refractivity contribution in [3.8, 4) is 11.5 Å². The molecular weight excluding hydrogens is 1090 g/mol. The predicted molar refractivity (Wildman–Crippen MR) is 285 cm³/mol. The first-order chi connectivity index (χ1) is 34.6. The van der Waals surface area contributed by atoms with Crippen LogP contribution in [-0.2, 0) is 47.1 Å². The molecule has 0 saturated carbocycles. The average molecular weight is 1170 g/mol. The number of alkyl halides is 6. The van der Waals surface area contributed by atoms with Gasteiger partial charge in [-0.25, -0.2) is 14.2 Å². The fourth-order valence-electron chi connectivity index (χ4n) is 7.54. The van der Waals surface area contributed by atoms with Gasteiger partial charge in [0.05, 0.1) is 19.1 Å². The van der Waals surface area contributed by atoms with E-state index in [4.69, 9.17) is 112 Å². The Labute approximate surface area is 461 Å². The number of hydrogen-bond donors (Lipinski definition) is 1. The largest absolute Gasteiger partial charge is 0.588 e. The molecule has 1 heterocycles. The first-order valence-electron chi connectivity index (χ1n) is 25.3. The maximum absolute atomic E-state index is 15.1. The van der Waals surface area contributed by atoms with Crippen molar-refractivity contribution in [2.24, 2.45) is 0 Å². The summed E-state index contributed by atoms with van der Waals surface area (Å²) in [6, 6.07) is 14.5. The third-order valence-corrected chi connectivity index (χ3v) is 14.7. The molecule has 22 heteroatoms. The number of halogens is 6. The van der Waals surface area contributed by atoms with Crippen molar-refractivity contribution >= 4 is 102 Å². The van der Waals surface area contributed by atoms with Gasteiger partial charge in [-0.2, -0.15) is 0 Å². The summed E-state index contributed by atoms with van der Waals surface area (Å²) in [5.74, 6) is -1.23. The number of para-hydroxylation sites is 2. The molecule has 1 aliphatic rings. The van der Waals surface area contributed by atoms with E-state index in [-0.39, 0.29) is 17.9 Å². The Morgan fingerprint density at radius 1 is 0.685 bits per heavy atom. The molecule has 0 aromatic heterocycles. The normalized spacial score (nSPS) is 17.7. The highest BCUT2D eigenvalue weighted by atomic mass is 35.6. The number of unbranched alkanes of at least 4 members (excludes halogenated alkanes) is 15. The van der Waals surface area contributed by atoms with Gasteiger partial charge < -0.3 is 42.8 Å². The summed E-state index contributed by atoms with van der Waals surface area (Å²) in [6.45, 7) is 5.18. The molecule has 15 nitrogen and oxygen atoms in total. The summed E-state index contributed by atoms with van der Waals surface area (Å²) in [5, 5.41) is 2.55. The molecule has 5 atom stereocenters. The summed E-state index contributed by atoms with van der Waals surface area (Å²) in [6.07, 6.45) is 9.71. The lowest BCUT2D eigenvalue weighted by Crippen LogP contribution is -2.62. The molecule has 1 N–H and O–H groups in total. The van der Waals surface area contributed by atoms with Crippen LogP contribution in [0.3, 0.4) is 0 Å². The average Bonchev–Trinajstić information content (AvgIpc) is 3.31. The minimum atomic E-state index is -4.91. The number of phosphoric ester groups is 1. The molecule has 0 unspecified atom stereocenters. The SMILES string of the molecule is CCCCCCCCCCC[C@H](CC(=O)O[C@H]1[C@H](OP(=O)(Oc2ccccc2)Oc2ccccc2)[C@@H](COC(=O)OC(C)(C)C(Cl)(Cl)Cl)OC[C@@H]1NC(=O)OCC(Cl)(Cl)Cl)OC(=O)CCCCCCCCCC. The highest BCUT2D eigenvalue weighted by Gasteiger charge is 2.51. The summed E-state index contributed by atoms with van der Waals surface area (Å²) >= 11 is 35.8. The molecule has 2 aromatic rings. The van der Waals surface area contributed by atoms with Gasteiger partial charge in [0.1, 0.15) is 43.0 Å². The highest BCUT2D eigenvalue weighted by molar-refractivity contribution is 7.49. The Morgan fingerprint density at radius 3 is 1.70 bits per heavy atom. The molecule has 3 rings (SSSR count). The fraction of sp³-hybridized carbons (Fsp3) is 0.686. The monoisotopic (exact) mass is 1170 g/mol. The molecule has 0 aliphatic carbocycles. The molecule has 0 spiro atoms. The first kappa shape index (κ1) is 64.7. The Kier molecular flexibility index (Phi) is 30.3. The minimum absolute atomic E-state index is 0.0513. The first-order valence-corrected chi connectivity index (χ1v) is 29.1. The number of nitrogens with one attached hydrogen (secondary N) is 1. The van der Waals surface area contributed by atoms with Crippen molar-refractivity contribution in [2.45, 2.75) is 200 Å². The lowest BCUT2D eigenvalue weighted by molar-refractivity contribution is -0.190. The standard InChI is InChI=1S/C51H74Cl6NO14P/c1-5-7-9-11-13-15-16-18-22-32-40(67-43(59)33-27-19-17-14-12-10-8-6-2)34-44(60)68-45-41(58-47(61)66-37-50(52,53)54)35-64-42(36-65-48(62)69-49(3,4)51(55,56)57)46(45)72-73(63,70-38-28-23-20-24-29-38)71-39-30-25-21-26-31-39/h20-21,23-26,28-31,40-42,45-46H,5-19,22,27,32-37H2,1-4H3,(H,58,61)/t40-,41+,42-,45-,46-/m1/s1. The molecule has 414 valence electrons. The molecule has 1 amide bonds. The van der Waals surface area contributed by atoms with Crippen LogP contribution in [0.4, 0.5) is 9.59 Å². The van der Waals surface area contributed by atoms with Crippen LogP contribution in [0.2, 0.25) is 0 Å². The minimum Gasteiger partial charge on any atom is -0.462 e. The number of esters is 2. The van der Waals surface area contributed by atoms with Gasteiger partial charge in [-0.05, 0) is 57.4 Å². The maximum Gasteiger partial charge on any atom is 0.588 e. The van der Waals surface area contributed by atoms with Crippen molar-refractivity contribution in [1.29, 1.82) is 0 Å². The van der Waals surface area contributed by atoms with Crippen LogP contribution in [0.15, 0.2) is 60.7 Å². The van der Waals surface area contributed by atoms with Crippen LogP contribution in [0, 0.1) is 0 Å². The Bertz CT molecular complexity index is 1900. The number of rotatable bonds is 34. The topological polar surface area (TPSA) is 180 Å². The number of hydrogen-bond acceptors (Lipinski definition) is 14. The fourth-order valence-corrected chi connectivity index (χ4v) is 9.25. The van der Waals surface area contributed by atoms with E-state index in [1.165, 1.54) is 76.6 Å². The molecule has 0 radical (unpaired) electrons. The van der Waals surface area contributed by atoms with Crippen LogP contribution < -0.4 is 14.4 Å². The van der Waals surface area contributed by atoms with Gasteiger partial charge in [-0.1, -0.05) is 216 Å². The second-order valence-corrected chi connectivity index (χ2v) is 24.7. The van der Waals surface area contributed by atoms with Crippen molar-refractivity contribution in [1.82, 2.24) is 5.32 Å². The molecule has 1 aliphatic heterocycles. The van der Waals surface area contributed by atoms with E-state index in [0.717, 1.165) is 57.8 Å². The van der Waals surface area contributed by atoms with Crippen molar-refractivity contribution in [3.05, 3.63) is 60.7 Å². The number of alkyl carbamates (subject to hydrolysis) is 1. The maximum atomic E-state index is 15.1. The third kappa shape index (κ3) is 27.3. The lowest BCUT2D eigenvalue weighted by Gasteiger charge is -2.42. The lowest BCUT2D eigenvalue weighted by atomic mass is 9.98. The van der Waals surface area contributed by atoms with Crippen molar-refractivity contribution < 1.29 is 65.7 Å². The molecule has 1 fully saturated rings. The second-order valence-electron chi connectivity index (χ2n) is 18.4. The molecule has 1 saturated heterocycles. The number of ether oxygens (including phenoxy) is 6. The number of phosphoric acid groups is 1. The zero-order chi connectivity index (χ0) is 53.8.